The summed E-state index contributed by atoms with van der Waals surface area (Å²) in [6, 6.07) is 10.5. The lowest BCUT2D eigenvalue weighted by Gasteiger charge is -2.24. The van der Waals surface area contributed by atoms with Gasteiger partial charge in [-0.05, 0) is 44.1 Å². The number of benzene rings is 1. The fraction of sp³-hybridized carbons (Fsp3) is 0.632. The van der Waals surface area contributed by atoms with Crippen LogP contribution >= 0.6 is 35.7 Å². The summed E-state index contributed by atoms with van der Waals surface area (Å²) in [4.78, 5) is 6.05. The van der Waals surface area contributed by atoms with Gasteiger partial charge in [0.2, 0.25) is 0 Å². The zero-order valence-corrected chi connectivity index (χ0v) is 18.7. The molecule has 1 atom stereocenters. The van der Waals surface area contributed by atoms with Crippen molar-refractivity contribution in [2.75, 3.05) is 45.2 Å². The van der Waals surface area contributed by atoms with Crippen molar-refractivity contribution in [1.29, 1.82) is 0 Å². The van der Waals surface area contributed by atoms with Crippen molar-refractivity contribution in [3.63, 3.8) is 0 Å². The molecule has 1 heterocycles. The molecule has 1 saturated heterocycles. The van der Waals surface area contributed by atoms with Gasteiger partial charge in [-0.2, -0.15) is 0 Å². The van der Waals surface area contributed by atoms with Gasteiger partial charge in [0, 0.05) is 36.6 Å². The quantitative estimate of drug-likeness (QED) is 0.154. The molecule has 0 radical (unpaired) electrons. The molecule has 3 N–H and O–H groups in total. The van der Waals surface area contributed by atoms with Crippen molar-refractivity contribution in [3.05, 3.63) is 30.3 Å². The van der Waals surface area contributed by atoms with E-state index in [1.165, 1.54) is 4.90 Å². The molecule has 0 saturated carbocycles. The third-order valence-electron chi connectivity index (χ3n) is 4.37. The second-order valence-electron chi connectivity index (χ2n) is 6.41. The molecule has 0 aromatic heterocycles. The van der Waals surface area contributed by atoms with E-state index >= 15 is 0 Å². The number of nitrogens with zero attached hydrogens (tertiary/aromatic N) is 1. The smallest absolute Gasteiger partial charge is 0.191 e. The summed E-state index contributed by atoms with van der Waals surface area (Å²) in [6.07, 6.45) is 2.81. The first kappa shape index (κ1) is 23.5. The second kappa shape index (κ2) is 13.6. The lowest BCUT2D eigenvalue weighted by Crippen LogP contribution is -2.39. The fourth-order valence-electron chi connectivity index (χ4n) is 2.86. The molecule has 1 aromatic carbocycles. The first-order valence-corrected chi connectivity index (χ1v) is 10.2. The summed E-state index contributed by atoms with van der Waals surface area (Å²) < 4.78 is 5.54. The van der Waals surface area contributed by atoms with E-state index in [0.717, 1.165) is 50.7 Å². The van der Waals surface area contributed by atoms with E-state index < -0.39 is 0 Å². The van der Waals surface area contributed by atoms with Crippen LogP contribution in [-0.4, -0.2) is 56.3 Å². The Balaban J connectivity index is 0.00000338. The van der Waals surface area contributed by atoms with E-state index in [9.17, 15) is 5.11 Å². The van der Waals surface area contributed by atoms with Gasteiger partial charge >= 0.3 is 0 Å². The minimum atomic E-state index is 0. The fourth-order valence-corrected chi connectivity index (χ4v) is 3.74. The van der Waals surface area contributed by atoms with Crippen LogP contribution in [0.1, 0.15) is 26.2 Å². The summed E-state index contributed by atoms with van der Waals surface area (Å²) in [6.45, 7) is 6.18. The number of hydrogen-bond donors (Lipinski definition) is 3. The molecule has 0 aliphatic carbocycles. The van der Waals surface area contributed by atoms with Gasteiger partial charge in [0.15, 0.2) is 5.96 Å². The van der Waals surface area contributed by atoms with Gasteiger partial charge in [-0.15, -0.1) is 35.7 Å². The average molecular weight is 493 g/mol. The molecular formula is C19H32IN3O2S. The highest BCUT2D eigenvalue weighted by atomic mass is 127. The van der Waals surface area contributed by atoms with Crippen LogP contribution < -0.4 is 10.6 Å². The van der Waals surface area contributed by atoms with Gasteiger partial charge < -0.3 is 20.5 Å². The third-order valence-corrected chi connectivity index (χ3v) is 5.47. The summed E-state index contributed by atoms with van der Waals surface area (Å²) in [5.74, 6) is 1.94. The van der Waals surface area contributed by atoms with Crippen molar-refractivity contribution in [2.24, 2.45) is 10.4 Å². The van der Waals surface area contributed by atoms with Crippen LogP contribution in [0.3, 0.4) is 0 Å². The number of aliphatic hydroxyl groups is 1. The number of aliphatic imine (C=N–C) groups is 1. The predicted octanol–water partition coefficient (Wildman–Crippen LogP) is 3.13. The number of ether oxygens (including phenoxy) is 1. The zero-order chi connectivity index (χ0) is 17.8. The van der Waals surface area contributed by atoms with Gasteiger partial charge in [0.1, 0.15) is 0 Å². The Hall–Kier alpha value is -0.510. The molecule has 0 amide bonds. The highest BCUT2D eigenvalue weighted by Crippen LogP contribution is 2.32. The number of nitrogens with one attached hydrogen (secondary N) is 2. The van der Waals surface area contributed by atoms with Gasteiger partial charge in [0.25, 0.3) is 0 Å². The van der Waals surface area contributed by atoms with Crippen LogP contribution in [0.15, 0.2) is 40.2 Å². The van der Waals surface area contributed by atoms with Crippen molar-refractivity contribution in [3.8, 4) is 0 Å². The molecule has 1 aliphatic rings. The minimum absolute atomic E-state index is 0. The van der Waals surface area contributed by atoms with E-state index in [4.69, 9.17) is 9.73 Å². The highest BCUT2D eigenvalue weighted by Gasteiger charge is 2.34. The van der Waals surface area contributed by atoms with E-state index in [2.05, 4.69) is 41.8 Å². The zero-order valence-electron chi connectivity index (χ0n) is 15.6. The molecule has 26 heavy (non-hydrogen) atoms. The number of guanidine groups is 1. The molecule has 7 heteroatoms. The molecule has 1 fully saturated rings. The number of thioether (sulfide) groups is 1. The standard InChI is InChI=1S/C19H31N3O2S.HI/c1-2-20-18(22-15-19(9-12-23)10-13-24-16-19)21-11-6-14-25-17-7-4-3-5-8-17;/h3-5,7-8,23H,2,6,9-16H2,1H3,(H2,20,21,22);1H. The molecule has 5 nitrogen and oxygen atoms in total. The first-order valence-electron chi connectivity index (χ1n) is 9.17. The Bertz CT molecular complexity index is 511. The minimum Gasteiger partial charge on any atom is -0.396 e. The Kier molecular flexibility index (Phi) is 12.3. The Labute approximate surface area is 178 Å². The maximum absolute atomic E-state index is 9.32. The molecule has 1 aromatic rings. The largest absolute Gasteiger partial charge is 0.396 e. The Morgan fingerprint density at radius 3 is 2.77 bits per heavy atom. The molecule has 148 valence electrons. The molecule has 0 spiro atoms. The van der Waals surface area contributed by atoms with Crippen LogP contribution in [0, 0.1) is 5.41 Å². The average Bonchev–Trinajstić information content (AvgIpc) is 3.09. The van der Waals surface area contributed by atoms with Crippen LogP contribution in [0.4, 0.5) is 0 Å². The lowest BCUT2D eigenvalue weighted by atomic mass is 9.84. The molecule has 1 aliphatic heterocycles. The van der Waals surface area contributed by atoms with Gasteiger partial charge in [-0.3, -0.25) is 4.99 Å². The Morgan fingerprint density at radius 2 is 2.12 bits per heavy atom. The number of halogens is 1. The van der Waals surface area contributed by atoms with E-state index in [1.54, 1.807) is 0 Å². The first-order chi connectivity index (χ1) is 12.3. The third kappa shape index (κ3) is 8.45. The van der Waals surface area contributed by atoms with Gasteiger partial charge in [-0.25, -0.2) is 0 Å². The highest BCUT2D eigenvalue weighted by molar-refractivity contribution is 14.0. The number of hydrogen-bond acceptors (Lipinski definition) is 4. The summed E-state index contributed by atoms with van der Waals surface area (Å²) in [5, 5.41) is 16.0. The monoisotopic (exact) mass is 493 g/mol. The van der Waals surface area contributed by atoms with Crippen LogP contribution in [-0.2, 0) is 4.74 Å². The number of aliphatic hydroxyl groups excluding tert-OH is 1. The molecule has 1 unspecified atom stereocenters. The van der Waals surface area contributed by atoms with E-state index in [-0.39, 0.29) is 36.0 Å². The van der Waals surface area contributed by atoms with Crippen molar-refractivity contribution in [1.82, 2.24) is 10.6 Å². The van der Waals surface area contributed by atoms with Gasteiger partial charge in [0.05, 0.1) is 13.2 Å². The van der Waals surface area contributed by atoms with E-state index in [1.807, 2.05) is 17.8 Å². The molecular weight excluding hydrogens is 461 g/mol. The van der Waals surface area contributed by atoms with Crippen LogP contribution in [0.25, 0.3) is 0 Å². The van der Waals surface area contributed by atoms with Crippen molar-refractivity contribution >= 4 is 41.7 Å². The summed E-state index contributed by atoms with van der Waals surface area (Å²) >= 11 is 1.88. The summed E-state index contributed by atoms with van der Waals surface area (Å²) in [5.41, 5.74) is 0.000260. The SMILES string of the molecule is CCNC(=NCC1(CCO)CCOC1)NCCCSc1ccccc1.I. The number of rotatable bonds is 10. The predicted molar refractivity (Wildman–Crippen MR) is 121 cm³/mol. The van der Waals surface area contributed by atoms with Gasteiger partial charge in [-0.1, -0.05) is 18.2 Å². The topological polar surface area (TPSA) is 65.9 Å². The maximum atomic E-state index is 9.32. The Morgan fingerprint density at radius 1 is 1.31 bits per heavy atom. The second-order valence-corrected chi connectivity index (χ2v) is 7.58. The maximum Gasteiger partial charge on any atom is 0.191 e. The van der Waals surface area contributed by atoms with Crippen LogP contribution in [0.5, 0.6) is 0 Å². The van der Waals surface area contributed by atoms with E-state index in [0.29, 0.717) is 13.2 Å². The normalized spacial score (nSPS) is 19.8. The lowest BCUT2D eigenvalue weighted by molar-refractivity contribution is 0.131. The molecule has 2 rings (SSSR count). The molecule has 0 bridgehead atoms. The van der Waals surface area contributed by atoms with Crippen molar-refractivity contribution < 1.29 is 9.84 Å². The van der Waals surface area contributed by atoms with Crippen molar-refractivity contribution in [2.45, 2.75) is 31.1 Å². The summed E-state index contributed by atoms with van der Waals surface area (Å²) in [7, 11) is 0. The van der Waals surface area contributed by atoms with Crippen LogP contribution in [0.2, 0.25) is 0 Å².